The summed E-state index contributed by atoms with van der Waals surface area (Å²) in [5, 5.41) is 6.06. The lowest BCUT2D eigenvalue weighted by Crippen LogP contribution is -2.19. The molecule has 0 radical (unpaired) electrons. The maximum Gasteiger partial charge on any atom is 0.302 e. The number of hydrogen-bond acceptors (Lipinski definition) is 2. The highest BCUT2D eigenvalue weighted by Crippen LogP contribution is 2.49. The van der Waals surface area contributed by atoms with E-state index in [4.69, 9.17) is 4.74 Å². The lowest BCUT2D eigenvalue weighted by atomic mass is 10.1. The first kappa shape index (κ1) is 7.00. The van der Waals surface area contributed by atoms with E-state index < -0.39 is 0 Å². The molecular formula is C9H10N2O2. The average molecular weight is 178 g/mol. The zero-order valence-corrected chi connectivity index (χ0v) is 7.20. The van der Waals surface area contributed by atoms with Crippen LogP contribution in [0.3, 0.4) is 0 Å². The van der Waals surface area contributed by atoms with E-state index in [-0.39, 0.29) is 23.9 Å². The van der Waals surface area contributed by atoms with Crippen molar-refractivity contribution in [2.45, 2.75) is 24.9 Å². The summed E-state index contributed by atoms with van der Waals surface area (Å²) in [6.07, 6.45) is 4.19. The minimum atomic E-state index is -0.203. The molecule has 2 N–H and O–H groups in total. The monoisotopic (exact) mass is 178 g/mol. The summed E-state index contributed by atoms with van der Waals surface area (Å²) in [4.78, 5) is 10.8. The summed E-state index contributed by atoms with van der Waals surface area (Å²) in [6.45, 7) is 1.45. The first-order valence-electron chi connectivity index (χ1n) is 4.39. The van der Waals surface area contributed by atoms with Crippen LogP contribution in [0.25, 0.3) is 0 Å². The van der Waals surface area contributed by atoms with Crippen LogP contribution in [0.15, 0.2) is 12.2 Å². The van der Waals surface area contributed by atoms with Crippen LogP contribution in [0, 0.1) is 0 Å². The molecule has 4 heteroatoms. The normalized spacial score (nSPS) is 33.8. The van der Waals surface area contributed by atoms with E-state index >= 15 is 0 Å². The number of H-pyrrole nitrogens is 2. The molecule has 0 saturated heterocycles. The van der Waals surface area contributed by atoms with Crippen molar-refractivity contribution >= 4 is 5.97 Å². The number of carbonyl (C=O) groups excluding carboxylic acids is 1. The zero-order chi connectivity index (χ0) is 9.00. The summed E-state index contributed by atoms with van der Waals surface area (Å²) in [6, 6.07) is 0. The minimum Gasteiger partial charge on any atom is -0.460 e. The van der Waals surface area contributed by atoms with Crippen LogP contribution in [0.2, 0.25) is 0 Å². The van der Waals surface area contributed by atoms with Crippen LogP contribution in [0.5, 0.6) is 0 Å². The molecule has 1 heterocycles. The third-order valence-corrected chi connectivity index (χ3v) is 2.82. The highest BCUT2D eigenvalue weighted by Gasteiger charge is 2.47. The van der Waals surface area contributed by atoms with Gasteiger partial charge in [-0.25, -0.2) is 0 Å². The lowest BCUT2D eigenvalue weighted by Gasteiger charge is -2.14. The van der Waals surface area contributed by atoms with E-state index in [2.05, 4.69) is 22.3 Å². The van der Waals surface area contributed by atoms with Gasteiger partial charge >= 0.3 is 5.97 Å². The molecule has 4 nitrogen and oxygen atoms in total. The van der Waals surface area contributed by atoms with Crippen LogP contribution in [0.4, 0.5) is 0 Å². The van der Waals surface area contributed by atoms with Gasteiger partial charge in [0.25, 0.3) is 0 Å². The van der Waals surface area contributed by atoms with Crippen LogP contribution in [-0.2, 0) is 9.53 Å². The average Bonchev–Trinajstić information content (AvgIpc) is 2.39. The predicted molar refractivity (Wildman–Crippen MR) is 45.3 cm³/mol. The Kier molecular flexibility index (Phi) is 1.12. The van der Waals surface area contributed by atoms with Gasteiger partial charge in [-0.2, -0.15) is 0 Å². The number of aromatic amines is 2. The molecular weight excluding hydrogens is 168 g/mol. The van der Waals surface area contributed by atoms with E-state index in [0.717, 1.165) is 0 Å². The summed E-state index contributed by atoms with van der Waals surface area (Å²) in [5.74, 6) is 0.307. The second kappa shape index (κ2) is 2.07. The summed E-state index contributed by atoms with van der Waals surface area (Å²) >= 11 is 0. The number of carbonyl (C=O) groups is 1. The van der Waals surface area contributed by atoms with Crippen LogP contribution >= 0.6 is 0 Å². The topological polar surface area (TPSA) is 57.9 Å². The molecule has 68 valence electrons. The van der Waals surface area contributed by atoms with E-state index in [9.17, 15) is 4.79 Å². The van der Waals surface area contributed by atoms with Gasteiger partial charge in [-0.1, -0.05) is 12.2 Å². The molecule has 1 aromatic heterocycles. The molecule has 0 fully saturated rings. The number of rotatable bonds is 1. The molecule has 2 bridgehead atoms. The second-order valence-electron chi connectivity index (χ2n) is 3.59. The van der Waals surface area contributed by atoms with E-state index in [1.165, 1.54) is 18.3 Å². The van der Waals surface area contributed by atoms with Crippen molar-refractivity contribution in [2.75, 3.05) is 0 Å². The molecule has 0 aliphatic heterocycles. The molecule has 2 aliphatic carbocycles. The predicted octanol–water partition coefficient (Wildman–Crippen LogP) is 1.03. The Labute approximate surface area is 74.9 Å². The highest BCUT2D eigenvalue weighted by atomic mass is 16.5. The first-order valence-corrected chi connectivity index (χ1v) is 4.39. The Bertz CT molecular complexity index is 360. The Morgan fingerprint density at radius 2 is 1.85 bits per heavy atom. The molecule has 13 heavy (non-hydrogen) atoms. The number of hydrogen-bond donors (Lipinski definition) is 2. The Balaban J connectivity index is 1.91. The van der Waals surface area contributed by atoms with Crippen molar-refractivity contribution in [3.05, 3.63) is 23.5 Å². The molecule has 0 amide bonds. The third kappa shape index (κ3) is 0.728. The van der Waals surface area contributed by atoms with Crippen molar-refractivity contribution in [1.82, 2.24) is 10.2 Å². The number of esters is 1. The fraction of sp³-hybridized carbons (Fsp3) is 0.444. The largest absolute Gasteiger partial charge is 0.460 e. The van der Waals surface area contributed by atoms with E-state index in [1.54, 1.807) is 0 Å². The number of ether oxygens (including phenoxy) is 1. The van der Waals surface area contributed by atoms with Gasteiger partial charge in [0.1, 0.15) is 6.10 Å². The molecule has 2 unspecified atom stereocenters. The summed E-state index contributed by atoms with van der Waals surface area (Å²) in [5.41, 5.74) is 2.39. The maximum absolute atomic E-state index is 10.8. The van der Waals surface area contributed by atoms with Gasteiger partial charge in [-0.15, -0.1) is 0 Å². The molecule has 2 atom stereocenters. The van der Waals surface area contributed by atoms with Crippen LogP contribution < -0.4 is 0 Å². The van der Waals surface area contributed by atoms with Gasteiger partial charge in [0.15, 0.2) is 0 Å². The highest BCUT2D eigenvalue weighted by molar-refractivity contribution is 5.67. The number of fused-ring (bicyclic) bond motifs is 5. The SMILES string of the molecule is CC(=O)OC1C2C=CC1c1[nH][nH]c12. The molecule has 0 spiro atoms. The zero-order valence-electron chi connectivity index (χ0n) is 7.20. The molecule has 0 saturated carbocycles. The van der Waals surface area contributed by atoms with Crippen molar-refractivity contribution in [2.24, 2.45) is 0 Å². The van der Waals surface area contributed by atoms with Crippen molar-refractivity contribution in [1.29, 1.82) is 0 Å². The van der Waals surface area contributed by atoms with E-state index in [1.807, 2.05) is 0 Å². The van der Waals surface area contributed by atoms with Crippen LogP contribution in [-0.4, -0.2) is 22.3 Å². The summed E-state index contributed by atoms with van der Waals surface area (Å²) in [7, 11) is 0. The number of aromatic nitrogens is 2. The van der Waals surface area contributed by atoms with Gasteiger partial charge in [0.2, 0.25) is 0 Å². The fourth-order valence-electron chi connectivity index (χ4n) is 2.27. The fourth-order valence-corrected chi connectivity index (χ4v) is 2.27. The maximum atomic E-state index is 10.8. The molecule has 0 aromatic carbocycles. The number of nitrogens with one attached hydrogen (secondary N) is 2. The minimum absolute atomic E-state index is 0.00926. The second-order valence-corrected chi connectivity index (χ2v) is 3.59. The smallest absolute Gasteiger partial charge is 0.302 e. The third-order valence-electron chi connectivity index (χ3n) is 2.82. The Morgan fingerprint density at radius 3 is 2.23 bits per heavy atom. The van der Waals surface area contributed by atoms with Gasteiger partial charge in [-0.3, -0.25) is 4.79 Å². The first-order chi connectivity index (χ1) is 6.27. The lowest BCUT2D eigenvalue weighted by molar-refractivity contribution is -0.146. The van der Waals surface area contributed by atoms with Gasteiger partial charge in [0.05, 0.1) is 23.2 Å². The Hall–Kier alpha value is -1.45. The summed E-state index contributed by atoms with van der Waals surface area (Å²) < 4.78 is 5.26. The van der Waals surface area contributed by atoms with Gasteiger partial charge < -0.3 is 14.9 Å². The van der Waals surface area contributed by atoms with Crippen molar-refractivity contribution in [3.8, 4) is 0 Å². The Morgan fingerprint density at radius 1 is 1.31 bits per heavy atom. The van der Waals surface area contributed by atoms with Crippen LogP contribution in [0.1, 0.15) is 30.1 Å². The quantitative estimate of drug-likeness (QED) is 0.498. The standard InChI is InChI=1S/C9H10N2O2/c1-4(12)13-9-5-2-3-6(9)8-7(5)10-11-8/h2-3,5-6,9-11H,1H3. The molecule has 3 rings (SSSR count). The van der Waals surface area contributed by atoms with Gasteiger partial charge in [0, 0.05) is 6.92 Å². The molecule has 2 aliphatic rings. The van der Waals surface area contributed by atoms with Crippen molar-refractivity contribution < 1.29 is 9.53 Å². The van der Waals surface area contributed by atoms with Crippen molar-refractivity contribution in [3.63, 3.8) is 0 Å². The van der Waals surface area contributed by atoms with Gasteiger partial charge in [-0.05, 0) is 0 Å². The molecule has 1 aromatic rings. The van der Waals surface area contributed by atoms with E-state index in [0.29, 0.717) is 0 Å².